The SMILES string of the molecule is O=C1CCC(CCN2CC3(CC3)NC(=O)c3oc4ccc(C(F)(F)F)cc4c32)CC1. The molecule has 2 fully saturated rings. The van der Waals surface area contributed by atoms with Crippen LogP contribution in [0.1, 0.15) is 61.1 Å². The Morgan fingerprint density at radius 2 is 1.90 bits per heavy atom. The molecular weight excluding hydrogens is 397 g/mol. The predicted molar refractivity (Wildman–Crippen MR) is 104 cm³/mol. The van der Waals surface area contributed by atoms with Gasteiger partial charge in [0.2, 0.25) is 5.76 Å². The minimum absolute atomic E-state index is 0.0897. The molecule has 1 aliphatic heterocycles. The van der Waals surface area contributed by atoms with Crippen LogP contribution in [0.5, 0.6) is 0 Å². The highest BCUT2D eigenvalue weighted by atomic mass is 19.4. The number of hydrogen-bond acceptors (Lipinski definition) is 4. The third-order valence-corrected chi connectivity index (χ3v) is 6.71. The number of furan rings is 1. The molecule has 1 aromatic carbocycles. The highest BCUT2D eigenvalue weighted by molar-refractivity contribution is 6.08. The van der Waals surface area contributed by atoms with E-state index in [-0.39, 0.29) is 22.8 Å². The smallest absolute Gasteiger partial charge is 0.416 e. The molecule has 0 unspecified atom stereocenters. The number of hydrogen-bond donors (Lipinski definition) is 1. The monoisotopic (exact) mass is 420 g/mol. The molecule has 2 aliphatic carbocycles. The van der Waals surface area contributed by atoms with Crippen molar-refractivity contribution in [2.45, 2.75) is 56.7 Å². The molecule has 2 heterocycles. The fraction of sp³-hybridized carbons (Fsp3) is 0.545. The van der Waals surface area contributed by atoms with Crippen molar-refractivity contribution in [3.63, 3.8) is 0 Å². The number of nitrogens with zero attached hydrogens (tertiary/aromatic N) is 1. The Hall–Kier alpha value is -2.51. The second-order valence-electron chi connectivity index (χ2n) is 8.92. The van der Waals surface area contributed by atoms with Crippen LogP contribution >= 0.6 is 0 Å². The zero-order valence-electron chi connectivity index (χ0n) is 16.5. The summed E-state index contributed by atoms with van der Waals surface area (Å²) in [6.07, 6.45) is 0.975. The van der Waals surface area contributed by atoms with Crippen LogP contribution in [0.15, 0.2) is 22.6 Å². The molecule has 1 N–H and O–H groups in total. The number of fused-ring (bicyclic) bond motifs is 3. The Morgan fingerprint density at radius 1 is 1.17 bits per heavy atom. The molecule has 0 saturated heterocycles. The van der Waals surface area contributed by atoms with E-state index in [1.807, 2.05) is 4.90 Å². The maximum absolute atomic E-state index is 13.3. The summed E-state index contributed by atoms with van der Waals surface area (Å²) in [5.41, 5.74) is -0.336. The van der Waals surface area contributed by atoms with Gasteiger partial charge in [-0.3, -0.25) is 9.59 Å². The number of ketones is 1. The van der Waals surface area contributed by atoms with Gasteiger partial charge in [-0.2, -0.15) is 13.2 Å². The van der Waals surface area contributed by atoms with Gasteiger partial charge in [-0.25, -0.2) is 0 Å². The third-order valence-electron chi connectivity index (χ3n) is 6.71. The van der Waals surface area contributed by atoms with Crippen molar-refractivity contribution in [1.29, 1.82) is 0 Å². The topological polar surface area (TPSA) is 62.6 Å². The van der Waals surface area contributed by atoms with E-state index in [9.17, 15) is 22.8 Å². The minimum Gasteiger partial charge on any atom is -0.449 e. The summed E-state index contributed by atoms with van der Waals surface area (Å²) in [5.74, 6) is 0.442. The summed E-state index contributed by atoms with van der Waals surface area (Å²) in [6, 6.07) is 3.36. The van der Waals surface area contributed by atoms with E-state index in [0.717, 1.165) is 44.2 Å². The van der Waals surface area contributed by atoms with Crippen LogP contribution in [0.4, 0.5) is 18.9 Å². The Morgan fingerprint density at radius 3 is 2.57 bits per heavy atom. The summed E-state index contributed by atoms with van der Waals surface area (Å²) in [7, 11) is 0. The first-order valence-corrected chi connectivity index (χ1v) is 10.5. The molecule has 1 spiro atoms. The van der Waals surface area contributed by atoms with Crippen molar-refractivity contribution >= 4 is 28.3 Å². The van der Waals surface area contributed by atoms with Crippen LogP contribution in [0, 0.1) is 5.92 Å². The van der Waals surface area contributed by atoms with E-state index >= 15 is 0 Å². The van der Waals surface area contributed by atoms with Gasteiger partial charge in [0.05, 0.1) is 16.8 Å². The molecule has 2 aromatic rings. The van der Waals surface area contributed by atoms with Crippen LogP contribution in [0.2, 0.25) is 0 Å². The normalized spacial score (nSPS) is 21.6. The summed E-state index contributed by atoms with van der Waals surface area (Å²) in [5, 5.41) is 3.35. The summed E-state index contributed by atoms with van der Waals surface area (Å²) >= 11 is 0. The number of Topliss-reactive ketones (excluding diaryl/α,β-unsaturated/α-hetero) is 1. The average molecular weight is 420 g/mol. The average Bonchev–Trinajstić information content (AvgIpc) is 3.35. The van der Waals surface area contributed by atoms with Crippen LogP contribution in [-0.2, 0) is 11.0 Å². The summed E-state index contributed by atoms with van der Waals surface area (Å²) < 4.78 is 45.7. The quantitative estimate of drug-likeness (QED) is 0.783. The third kappa shape index (κ3) is 3.46. The van der Waals surface area contributed by atoms with Crippen LogP contribution < -0.4 is 10.2 Å². The molecule has 8 heteroatoms. The lowest BCUT2D eigenvalue weighted by molar-refractivity contribution is -0.137. The Bertz CT molecular complexity index is 1010. The molecule has 5 rings (SSSR count). The molecular formula is C22H23F3N2O3. The number of alkyl halides is 3. The Kier molecular flexibility index (Phi) is 4.38. The number of anilines is 1. The lowest BCUT2D eigenvalue weighted by atomic mass is 9.86. The molecule has 5 nitrogen and oxygen atoms in total. The van der Waals surface area contributed by atoms with Gasteiger partial charge in [0, 0.05) is 31.3 Å². The number of nitrogens with one attached hydrogen (secondary N) is 1. The van der Waals surface area contributed by atoms with Gasteiger partial charge in [0.15, 0.2) is 0 Å². The standard InChI is InChI=1S/C22H23F3N2O3/c23-22(24,25)14-3-6-17-16(11-14)18-19(30-17)20(29)26-21(8-9-21)12-27(18)10-7-13-1-4-15(28)5-2-13/h3,6,11,13H,1-2,4-5,7-10,12H2,(H,26,29). The van der Waals surface area contributed by atoms with Gasteiger partial charge in [0.25, 0.3) is 5.91 Å². The van der Waals surface area contributed by atoms with Crippen molar-refractivity contribution in [2.24, 2.45) is 5.92 Å². The molecule has 1 amide bonds. The molecule has 30 heavy (non-hydrogen) atoms. The van der Waals surface area contributed by atoms with Crippen molar-refractivity contribution < 1.29 is 27.2 Å². The zero-order valence-corrected chi connectivity index (χ0v) is 16.5. The first-order valence-electron chi connectivity index (χ1n) is 10.5. The van der Waals surface area contributed by atoms with E-state index in [0.29, 0.717) is 48.7 Å². The zero-order chi connectivity index (χ0) is 21.1. The number of benzene rings is 1. The van der Waals surface area contributed by atoms with Gasteiger partial charge >= 0.3 is 6.18 Å². The maximum Gasteiger partial charge on any atom is 0.416 e. The number of rotatable bonds is 3. The maximum atomic E-state index is 13.3. The van der Waals surface area contributed by atoms with Gasteiger partial charge in [-0.1, -0.05) is 0 Å². The van der Waals surface area contributed by atoms with Gasteiger partial charge in [-0.15, -0.1) is 0 Å². The van der Waals surface area contributed by atoms with Crippen LogP contribution in [-0.4, -0.2) is 30.3 Å². The molecule has 160 valence electrons. The number of carbonyl (C=O) groups is 2. The first kappa shape index (κ1) is 19.5. The second-order valence-corrected chi connectivity index (χ2v) is 8.92. The van der Waals surface area contributed by atoms with Crippen molar-refractivity contribution in [1.82, 2.24) is 5.32 Å². The Balaban J connectivity index is 1.51. The molecule has 0 radical (unpaired) electrons. The van der Waals surface area contributed by atoms with E-state index in [1.54, 1.807) is 0 Å². The highest BCUT2D eigenvalue weighted by Crippen LogP contribution is 2.45. The number of amides is 1. The highest BCUT2D eigenvalue weighted by Gasteiger charge is 2.49. The lowest BCUT2D eigenvalue weighted by Crippen LogP contribution is -2.43. The van der Waals surface area contributed by atoms with Crippen molar-refractivity contribution in [2.75, 3.05) is 18.0 Å². The van der Waals surface area contributed by atoms with Crippen LogP contribution in [0.25, 0.3) is 11.0 Å². The molecule has 3 aliphatic rings. The number of carbonyl (C=O) groups excluding carboxylic acids is 2. The van der Waals surface area contributed by atoms with Gasteiger partial charge in [0.1, 0.15) is 11.4 Å². The van der Waals surface area contributed by atoms with E-state index in [4.69, 9.17) is 4.42 Å². The van der Waals surface area contributed by atoms with E-state index in [1.165, 1.54) is 6.07 Å². The first-order chi connectivity index (χ1) is 14.2. The Labute approximate surface area is 171 Å². The van der Waals surface area contributed by atoms with Crippen LogP contribution in [0.3, 0.4) is 0 Å². The van der Waals surface area contributed by atoms with Gasteiger partial charge in [-0.05, 0) is 56.2 Å². The molecule has 0 atom stereocenters. The molecule has 0 bridgehead atoms. The van der Waals surface area contributed by atoms with E-state index in [2.05, 4.69) is 5.32 Å². The molecule has 1 aromatic heterocycles. The van der Waals surface area contributed by atoms with E-state index < -0.39 is 11.7 Å². The predicted octanol–water partition coefficient (Wildman–Crippen LogP) is 4.68. The fourth-order valence-electron chi connectivity index (χ4n) is 4.76. The second kappa shape index (κ2) is 6.75. The van der Waals surface area contributed by atoms with Crippen molar-refractivity contribution in [3.05, 3.63) is 29.5 Å². The fourth-order valence-corrected chi connectivity index (χ4v) is 4.76. The number of halogens is 3. The summed E-state index contributed by atoms with van der Waals surface area (Å²) in [4.78, 5) is 26.4. The largest absolute Gasteiger partial charge is 0.449 e. The van der Waals surface area contributed by atoms with Gasteiger partial charge < -0.3 is 14.6 Å². The molecule has 2 saturated carbocycles. The summed E-state index contributed by atoms with van der Waals surface area (Å²) in [6.45, 7) is 1.18. The lowest BCUT2D eigenvalue weighted by Gasteiger charge is -2.29. The minimum atomic E-state index is -4.47. The van der Waals surface area contributed by atoms with Crippen molar-refractivity contribution in [3.8, 4) is 0 Å².